The van der Waals surface area contributed by atoms with Gasteiger partial charge in [0.2, 0.25) is 5.79 Å². The number of nitrogens with zero attached hydrogens (tertiary/aromatic N) is 1. The molecule has 0 radical (unpaired) electrons. The number of hydrogen-bond donors (Lipinski definition) is 3. The molecule has 1 fully saturated rings. The Hall–Kier alpha value is -2.62. The highest BCUT2D eigenvalue weighted by Gasteiger charge is 2.60. The Kier molecular flexibility index (Phi) is 4.68. The molecule has 3 heterocycles. The summed E-state index contributed by atoms with van der Waals surface area (Å²) in [6, 6.07) is 15.0. The molecule has 0 bridgehead atoms. The molecule has 2 aliphatic rings. The maximum Gasteiger partial charge on any atom is 0.225 e. The van der Waals surface area contributed by atoms with E-state index in [4.69, 9.17) is 20.2 Å². The summed E-state index contributed by atoms with van der Waals surface area (Å²) in [6.07, 6.45) is -2.05. The third-order valence-corrected chi connectivity index (χ3v) is 6.12. The van der Waals surface area contributed by atoms with E-state index < -0.39 is 30.1 Å². The van der Waals surface area contributed by atoms with Crippen LogP contribution in [0.15, 0.2) is 53.7 Å². The lowest BCUT2D eigenvalue weighted by atomic mass is 9.85. The number of rotatable bonds is 4. The average Bonchev–Trinajstić information content (AvgIpc) is 3.30. The summed E-state index contributed by atoms with van der Waals surface area (Å²) >= 11 is 0. The van der Waals surface area contributed by atoms with Gasteiger partial charge in [0.05, 0.1) is 12.7 Å². The maximum atomic E-state index is 11.7. The fourth-order valence-electron chi connectivity index (χ4n) is 4.66. The summed E-state index contributed by atoms with van der Waals surface area (Å²) in [7, 11) is 0. The molecule has 8 nitrogen and oxygen atoms in total. The molecule has 3 aromatic rings. The van der Waals surface area contributed by atoms with E-state index in [1.165, 1.54) is 0 Å². The van der Waals surface area contributed by atoms with Crippen molar-refractivity contribution in [2.24, 2.45) is 11.1 Å². The molecule has 5 rings (SSSR count). The molecule has 5 atom stereocenters. The number of aromatic nitrogens is 1. The maximum absolute atomic E-state index is 11.7. The molecule has 1 spiro atoms. The van der Waals surface area contributed by atoms with Gasteiger partial charge in [0.15, 0.2) is 6.04 Å². The summed E-state index contributed by atoms with van der Waals surface area (Å²) in [5, 5.41) is 15.0. The molecule has 30 heavy (non-hydrogen) atoms. The van der Waals surface area contributed by atoms with E-state index in [-0.39, 0.29) is 6.61 Å². The predicted octanol–water partition coefficient (Wildman–Crippen LogP) is 2.62. The Bertz CT molecular complexity index is 1070. The number of benzene rings is 2. The number of nitrogens with one attached hydrogen (secondary N) is 1. The van der Waals surface area contributed by atoms with Crippen molar-refractivity contribution in [1.29, 1.82) is 0 Å². The molecule has 0 unspecified atom stereocenters. The van der Waals surface area contributed by atoms with Crippen LogP contribution in [0, 0.1) is 4.91 Å². The first-order chi connectivity index (χ1) is 14.6. The SMILES string of the molecule is C[C@H]1O[C@]2(OCc3ccc(Cc4cc5ccccc5[nH]4)cc32)[C@H](N=O)[C@@H](O)[C@@H]1ON. The lowest BCUT2D eigenvalue weighted by Gasteiger charge is -2.45. The predicted molar refractivity (Wildman–Crippen MR) is 109 cm³/mol. The number of H-pyrrole nitrogens is 1. The first-order valence-electron chi connectivity index (χ1n) is 9.92. The molecule has 2 aliphatic heterocycles. The van der Waals surface area contributed by atoms with Crippen molar-refractivity contribution in [2.45, 2.75) is 50.1 Å². The van der Waals surface area contributed by atoms with Crippen molar-refractivity contribution >= 4 is 10.9 Å². The van der Waals surface area contributed by atoms with Crippen molar-refractivity contribution in [2.75, 3.05) is 0 Å². The molecule has 1 saturated heterocycles. The number of hydrogen-bond acceptors (Lipinski definition) is 7. The standard InChI is InChI=1S/C22H23N3O5/c1-12-20(30-23)19(26)21(25-27)22(29-12)17-9-13(6-7-15(17)11-28-22)8-16-10-14-4-2-3-5-18(14)24-16/h2-7,9-10,12,19-21,24,26H,8,11,23H2,1H3/t12-,19+,20-,21-,22+/m1/s1. The zero-order valence-corrected chi connectivity index (χ0v) is 16.4. The number of aliphatic hydroxyl groups excluding tert-OH is 1. The van der Waals surface area contributed by atoms with Gasteiger partial charge in [-0.2, -0.15) is 4.91 Å². The smallest absolute Gasteiger partial charge is 0.225 e. The van der Waals surface area contributed by atoms with E-state index >= 15 is 0 Å². The third kappa shape index (κ3) is 2.88. The van der Waals surface area contributed by atoms with Crippen LogP contribution in [0.5, 0.6) is 0 Å². The lowest BCUT2D eigenvalue weighted by Crippen LogP contribution is -2.62. The summed E-state index contributed by atoms with van der Waals surface area (Å²) < 4.78 is 12.1. The molecular formula is C22H23N3O5. The van der Waals surface area contributed by atoms with Gasteiger partial charge < -0.3 is 19.6 Å². The van der Waals surface area contributed by atoms with E-state index in [2.05, 4.69) is 22.3 Å². The van der Waals surface area contributed by atoms with Gasteiger partial charge in [-0.3, -0.25) is 4.84 Å². The van der Waals surface area contributed by atoms with Crippen LogP contribution in [0.3, 0.4) is 0 Å². The minimum absolute atomic E-state index is 0.265. The Labute approximate surface area is 172 Å². The second kappa shape index (κ2) is 7.26. The van der Waals surface area contributed by atoms with Gasteiger partial charge in [0, 0.05) is 23.2 Å². The van der Waals surface area contributed by atoms with Gasteiger partial charge >= 0.3 is 0 Å². The van der Waals surface area contributed by atoms with Crippen LogP contribution in [-0.4, -0.2) is 34.4 Å². The van der Waals surface area contributed by atoms with Crippen molar-refractivity contribution in [1.82, 2.24) is 4.98 Å². The highest BCUT2D eigenvalue weighted by atomic mass is 16.7. The second-order valence-corrected chi connectivity index (χ2v) is 7.97. The van der Waals surface area contributed by atoms with Crippen LogP contribution in [0.1, 0.15) is 29.3 Å². The third-order valence-electron chi connectivity index (χ3n) is 6.12. The first-order valence-corrected chi connectivity index (χ1v) is 9.92. The Morgan fingerprint density at radius 3 is 2.90 bits per heavy atom. The van der Waals surface area contributed by atoms with Crippen LogP contribution < -0.4 is 5.90 Å². The molecule has 2 aromatic carbocycles. The van der Waals surface area contributed by atoms with Gasteiger partial charge in [-0.25, -0.2) is 5.90 Å². The van der Waals surface area contributed by atoms with Gasteiger partial charge in [-0.1, -0.05) is 35.5 Å². The van der Waals surface area contributed by atoms with Crippen LogP contribution in [0.25, 0.3) is 10.9 Å². The number of fused-ring (bicyclic) bond motifs is 3. The Morgan fingerprint density at radius 1 is 1.30 bits per heavy atom. The Balaban J connectivity index is 1.51. The van der Waals surface area contributed by atoms with E-state index in [0.717, 1.165) is 27.7 Å². The number of para-hydroxylation sites is 1. The molecule has 1 aromatic heterocycles. The summed E-state index contributed by atoms with van der Waals surface area (Å²) in [5.41, 5.74) is 4.79. The van der Waals surface area contributed by atoms with Gasteiger partial charge in [-0.15, -0.1) is 0 Å². The topological polar surface area (TPSA) is 119 Å². The number of nitroso groups, excluding NO2 is 1. The van der Waals surface area contributed by atoms with Crippen molar-refractivity contribution in [3.05, 3.63) is 75.8 Å². The highest BCUT2D eigenvalue weighted by Crippen LogP contribution is 2.47. The zero-order valence-electron chi connectivity index (χ0n) is 16.4. The quantitative estimate of drug-likeness (QED) is 0.450. The molecule has 0 amide bonds. The molecule has 0 saturated carbocycles. The minimum atomic E-state index is -1.46. The molecule has 156 valence electrons. The molecular weight excluding hydrogens is 386 g/mol. The van der Waals surface area contributed by atoms with Crippen molar-refractivity contribution in [3.63, 3.8) is 0 Å². The largest absolute Gasteiger partial charge is 0.388 e. The van der Waals surface area contributed by atoms with E-state index in [1.54, 1.807) is 6.92 Å². The van der Waals surface area contributed by atoms with Crippen LogP contribution in [-0.2, 0) is 33.1 Å². The van der Waals surface area contributed by atoms with Crippen LogP contribution in [0.2, 0.25) is 0 Å². The monoisotopic (exact) mass is 409 g/mol. The zero-order chi connectivity index (χ0) is 20.9. The van der Waals surface area contributed by atoms with Crippen molar-refractivity contribution in [3.8, 4) is 0 Å². The van der Waals surface area contributed by atoms with E-state index in [1.807, 2.05) is 36.4 Å². The fraction of sp³-hybridized carbons (Fsp3) is 0.364. The highest BCUT2D eigenvalue weighted by molar-refractivity contribution is 5.80. The average molecular weight is 409 g/mol. The molecule has 0 aliphatic carbocycles. The summed E-state index contributed by atoms with van der Waals surface area (Å²) in [6.45, 7) is 1.99. The minimum Gasteiger partial charge on any atom is -0.388 e. The number of ether oxygens (including phenoxy) is 2. The lowest BCUT2D eigenvalue weighted by molar-refractivity contribution is -0.333. The van der Waals surface area contributed by atoms with Crippen molar-refractivity contribution < 1.29 is 19.4 Å². The van der Waals surface area contributed by atoms with E-state index in [9.17, 15) is 10.0 Å². The number of nitrogens with two attached hydrogens (primary N) is 1. The first kappa shape index (κ1) is 19.3. The van der Waals surface area contributed by atoms with Crippen LogP contribution in [0.4, 0.5) is 0 Å². The summed E-state index contributed by atoms with van der Waals surface area (Å²) in [4.78, 5) is 20.0. The van der Waals surface area contributed by atoms with Gasteiger partial charge in [0.1, 0.15) is 12.2 Å². The second-order valence-electron chi connectivity index (χ2n) is 7.97. The van der Waals surface area contributed by atoms with Crippen LogP contribution >= 0.6 is 0 Å². The normalized spacial score (nSPS) is 30.6. The Morgan fingerprint density at radius 2 is 2.13 bits per heavy atom. The molecule has 4 N–H and O–H groups in total. The number of aliphatic hydroxyl groups is 1. The summed E-state index contributed by atoms with van der Waals surface area (Å²) in [5.74, 6) is 3.84. The fourth-order valence-corrected chi connectivity index (χ4v) is 4.66. The van der Waals surface area contributed by atoms with Gasteiger partial charge in [-0.05, 0) is 41.6 Å². The van der Waals surface area contributed by atoms with E-state index in [0.29, 0.717) is 12.0 Å². The number of aromatic amines is 1. The molecule has 8 heteroatoms. The van der Waals surface area contributed by atoms with Gasteiger partial charge in [0.25, 0.3) is 0 Å².